The summed E-state index contributed by atoms with van der Waals surface area (Å²) in [5.41, 5.74) is 0.635. The van der Waals surface area contributed by atoms with Crippen LogP contribution in [-0.4, -0.2) is 28.1 Å². The SMILES string of the molecule is Cc1csc(=O)n1CC(=O)O[C@@H](C)C(=O)NC12CC3CC(CC(C3)C1)C2. The van der Waals surface area contributed by atoms with Gasteiger partial charge in [-0.3, -0.25) is 19.0 Å². The molecule has 4 aliphatic carbocycles. The van der Waals surface area contributed by atoms with E-state index in [2.05, 4.69) is 5.32 Å². The Balaban J connectivity index is 1.35. The summed E-state index contributed by atoms with van der Waals surface area (Å²) >= 11 is 1.06. The number of ether oxygens (including phenoxy) is 1. The number of aryl methyl sites for hydroxylation is 1. The van der Waals surface area contributed by atoms with Gasteiger partial charge >= 0.3 is 10.8 Å². The number of esters is 1. The zero-order valence-corrected chi connectivity index (χ0v) is 16.1. The predicted molar refractivity (Wildman–Crippen MR) is 97.9 cm³/mol. The van der Waals surface area contributed by atoms with Crippen LogP contribution in [0.15, 0.2) is 10.2 Å². The van der Waals surface area contributed by atoms with Gasteiger partial charge in [0.1, 0.15) is 6.54 Å². The molecule has 0 unspecified atom stereocenters. The number of nitrogens with zero attached hydrogens (tertiary/aromatic N) is 1. The second kappa shape index (κ2) is 6.51. The first kappa shape index (κ1) is 17.8. The Morgan fingerprint density at radius 3 is 2.35 bits per heavy atom. The zero-order valence-electron chi connectivity index (χ0n) is 15.3. The second-order valence-corrected chi connectivity index (χ2v) is 9.37. The van der Waals surface area contributed by atoms with Gasteiger partial charge in [0.25, 0.3) is 5.91 Å². The highest BCUT2D eigenvalue weighted by Gasteiger charge is 2.51. The quantitative estimate of drug-likeness (QED) is 0.797. The lowest BCUT2D eigenvalue weighted by molar-refractivity contribution is -0.157. The molecule has 0 aromatic carbocycles. The number of hydrogen-bond donors (Lipinski definition) is 1. The molecule has 1 amide bonds. The van der Waals surface area contributed by atoms with Gasteiger partial charge in [0, 0.05) is 16.6 Å². The van der Waals surface area contributed by atoms with E-state index in [1.54, 1.807) is 19.2 Å². The van der Waals surface area contributed by atoms with E-state index in [1.807, 2.05) is 0 Å². The lowest BCUT2D eigenvalue weighted by atomic mass is 9.53. The van der Waals surface area contributed by atoms with E-state index in [4.69, 9.17) is 4.74 Å². The minimum Gasteiger partial charge on any atom is -0.451 e. The highest BCUT2D eigenvalue weighted by molar-refractivity contribution is 7.07. The van der Waals surface area contributed by atoms with Crippen LogP contribution in [-0.2, 0) is 20.9 Å². The molecule has 1 heterocycles. The van der Waals surface area contributed by atoms with Crippen LogP contribution >= 0.6 is 11.3 Å². The van der Waals surface area contributed by atoms with Gasteiger partial charge in [-0.15, -0.1) is 0 Å². The third kappa shape index (κ3) is 3.33. The zero-order chi connectivity index (χ0) is 18.5. The molecule has 4 bridgehead atoms. The Bertz CT molecular complexity index is 745. The van der Waals surface area contributed by atoms with Crippen molar-refractivity contribution in [3.8, 4) is 0 Å². The fourth-order valence-electron chi connectivity index (χ4n) is 5.64. The number of hydrogen-bond acceptors (Lipinski definition) is 5. The van der Waals surface area contributed by atoms with Crippen LogP contribution in [0.4, 0.5) is 0 Å². The van der Waals surface area contributed by atoms with Gasteiger partial charge in [0.2, 0.25) is 0 Å². The van der Waals surface area contributed by atoms with Gasteiger partial charge in [-0.25, -0.2) is 0 Å². The van der Waals surface area contributed by atoms with E-state index in [1.165, 1.54) is 23.8 Å². The lowest BCUT2D eigenvalue weighted by Crippen LogP contribution is -2.61. The smallest absolute Gasteiger partial charge is 0.326 e. The molecule has 6 nitrogen and oxygen atoms in total. The van der Waals surface area contributed by atoms with E-state index in [0.29, 0.717) is 0 Å². The van der Waals surface area contributed by atoms with Crippen LogP contribution in [0, 0.1) is 24.7 Å². The topological polar surface area (TPSA) is 77.4 Å². The fourth-order valence-corrected chi connectivity index (χ4v) is 6.37. The molecular weight excluding hydrogens is 352 g/mol. The Morgan fingerprint density at radius 1 is 1.27 bits per heavy atom. The molecule has 1 atom stereocenters. The molecule has 1 aromatic rings. The maximum Gasteiger partial charge on any atom is 0.326 e. The molecule has 4 saturated carbocycles. The molecule has 26 heavy (non-hydrogen) atoms. The predicted octanol–water partition coefficient (Wildman–Crippen LogP) is 2.23. The largest absolute Gasteiger partial charge is 0.451 e. The Kier molecular flexibility index (Phi) is 4.45. The van der Waals surface area contributed by atoms with Crippen LogP contribution < -0.4 is 10.2 Å². The van der Waals surface area contributed by atoms with E-state index in [0.717, 1.165) is 54.0 Å². The van der Waals surface area contributed by atoms with Crippen molar-refractivity contribution < 1.29 is 14.3 Å². The molecule has 0 aliphatic heterocycles. The van der Waals surface area contributed by atoms with Crippen LogP contribution in [0.3, 0.4) is 0 Å². The Labute approximate surface area is 156 Å². The molecule has 4 aliphatic rings. The monoisotopic (exact) mass is 378 g/mol. The summed E-state index contributed by atoms with van der Waals surface area (Å²) < 4.78 is 6.68. The van der Waals surface area contributed by atoms with Crippen molar-refractivity contribution in [2.75, 3.05) is 0 Å². The summed E-state index contributed by atoms with van der Waals surface area (Å²) in [7, 11) is 0. The summed E-state index contributed by atoms with van der Waals surface area (Å²) in [5, 5.41) is 4.94. The summed E-state index contributed by atoms with van der Waals surface area (Å²) in [6.45, 7) is 3.23. The summed E-state index contributed by atoms with van der Waals surface area (Å²) in [4.78, 5) is 36.3. The average Bonchev–Trinajstić information content (AvgIpc) is 2.85. The standard InChI is InChI=1S/C19H26N2O4S/c1-11-10-26-18(24)21(11)9-16(22)25-12(2)17(23)20-19-6-13-3-14(7-19)5-15(4-13)8-19/h10,12-15H,3-9H2,1-2H3,(H,20,23)/t12-,13?,14?,15?,19?/m0/s1. The number of aromatic nitrogens is 1. The van der Waals surface area contributed by atoms with Crippen LogP contribution in [0.2, 0.25) is 0 Å². The number of rotatable bonds is 5. The van der Waals surface area contributed by atoms with Crippen LogP contribution in [0.25, 0.3) is 0 Å². The third-order valence-electron chi connectivity index (χ3n) is 6.37. The van der Waals surface area contributed by atoms with Crippen molar-refractivity contribution in [1.29, 1.82) is 0 Å². The molecule has 4 fully saturated rings. The summed E-state index contributed by atoms with van der Waals surface area (Å²) in [6, 6.07) is 0. The number of nitrogens with one attached hydrogen (secondary N) is 1. The third-order valence-corrected chi connectivity index (χ3v) is 7.25. The first-order chi connectivity index (χ1) is 12.3. The highest BCUT2D eigenvalue weighted by atomic mass is 32.1. The summed E-state index contributed by atoms with van der Waals surface area (Å²) in [5.74, 6) is 1.46. The minimum atomic E-state index is -0.842. The van der Waals surface area contributed by atoms with E-state index < -0.39 is 12.1 Å². The molecule has 5 rings (SSSR count). The molecule has 142 valence electrons. The van der Waals surface area contributed by atoms with E-state index in [9.17, 15) is 14.4 Å². The van der Waals surface area contributed by atoms with Crippen molar-refractivity contribution in [2.45, 2.75) is 70.6 Å². The summed E-state index contributed by atoms with van der Waals surface area (Å²) in [6.07, 6.45) is 6.29. The van der Waals surface area contributed by atoms with E-state index >= 15 is 0 Å². The van der Waals surface area contributed by atoms with Crippen molar-refractivity contribution >= 4 is 23.2 Å². The number of thiazole rings is 1. The number of carbonyl (C=O) groups is 2. The molecule has 0 spiro atoms. The molecule has 0 saturated heterocycles. The first-order valence-electron chi connectivity index (χ1n) is 9.50. The Hall–Kier alpha value is -1.63. The lowest BCUT2D eigenvalue weighted by Gasteiger charge is -2.57. The first-order valence-corrected chi connectivity index (χ1v) is 10.4. The van der Waals surface area contributed by atoms with Crippen LogP contribution in [0.5, 0.6) is 0 Å². The van der Waals surface area contributed by atoms with Crippen molar-refractivity contribution in [3.05, 3.63) is 20.7 Å². The van der Waals surface area contributed by atoms with E-state index in [-0.39, 0.29) is 22.9 Å². The van der Waals surface area contributed by atoms with Gasteiger partial charge in [-0.1, -0.05) is 11.3 Å². The normalized spacial score (nSPS) is 33.1. The van der Waals surface area contributed by atoms with Gasteiger partial charge in [-0.2, -0.15) is 0 Å². The maximum absolute atomic E-state index is 12.6. The van der Waals surface area contributed by atoms with Gasteiger partial charge in [0.15, 0.2) is 6.10 Å². The molecule has 7 heteroatoms. The molecular formula is C19H26N2O4S. The fraction of sp³-hybridized carbons (Fsp3) is 0.737. The molecule has 1 N–H and O–H groups in total. The number of carbonyl (C=O) groups excluding carboxylic acids is 2. The van der Waals surface area contributed by atoms with Gasteiger partial charge < -0.3 is 10.1 Å². The van der Waals surface area contributed by atoms with Crippen LogP contribution in [0.1, 0.15) is 51.1 Å². The van der Waals surface area contributed by atoms with Gasteiger partial charge in [-0.05, 0) is 70.1 Å². The van der Waals surface area contributed by atoms with Crippen molar-refractivity contribution in [2.24, 2.45) is 17.8 Å². The second-order valence-electron chi connectivity index (χ2n) is 8.55. The van der Waals surface area contributed by atoms with Crippen molar-refractivity contribution in [1.82, 2.24) is 9.88 Å². The number of amides is 1. The molecule has 1 aromatic heterocycles. The van der Waals surface area contributed by atoms with Crippen molar-refractivity contribution in [3.63, 3.8) is 0 Å². The minimum absolute atomic E-state index is 0.0899. The molecule has 0 radical (unpaired) electrons. The highest BCUT2D eigenvalue weighted by Crippen LogP contribution is 2.55. The Morgan fingerprint density at radius 2 is 1.85 bits per heavy atom. The maximum atomic E-state index is 12.6. The average molecular weight is 378 g/mol. The van der Waals surface area contributed by atoms with Gasteiger partial charge in [0.05, 0.1) is 0 Å².